The lowest BCUT2D eigenvalue weighted by Crippen LogP contribution is -2.52. The van der Waals surface area contributed by atoms with Gasteiger partial charge in [0.2, 0.25) is 0 Å². The van der Waals surface area contributed by atoms with E-state index in [4.69, 9.17) is 9.52 Å². The molecule has 3 rings (SSSR count). The number of aromatic nitrogens is 1. The number of nitrogens with zero attached hydrogens (tertiary/aromatic N) is 4. The Morgan fingerprint density at radius 3 is 2.59 bits per heavy atom. The number of piperazine rings is 1. The summed E-state index contributed by atoms with van der Waals surface area (Å²) in [5, 5.41) is 7.48. The van der Waals surface area contributed by atoms with E-state index in [2.05, 4.69) is 27.2 Å². The molecule has 2 heterocycles. The molecule has 1 aliphatic rings. The Balaban J connectivity index is 0.00000300. The summed E-state index contributed by atoms with van der Waals surface area (Å²) in [6.07, 6.45) is 0. The fraction of sp³-hybridized carbons (Fsp3) is 0.500. The normalized spacial score (nSPS) is 15.3. The van der Waals surface area contributed by atoms with Gasteiger partial charge in [0.25, 0.3) is 0 Å². The first-order valence-electron chi connectivity index (χ1n) is 9.70. The van der Waals surface area contributed by atoms with E-state index in [-0.39, 0.29) is 29.8 Å². The summed E-state index contributed by atoms with van der Waals surface area (Å²) >= 11 is 1.70. The maximum absolute atomic E-state index is 13.0. The van der Waals surface area contributed by atoms with Crippen molar-refractivity contribution in [1.29, 1.82) is 0 Å². The van der Waals surface area contributed by atoms with Crippen LogP contribution in [-0.4, -0.2) is 65.9 Å². The highest BCUT2D eigenvalue weighted by molar-refractivity contribution is 14.0. The molecule has 160 valence electrons. The maximum atomic E-state index is 13.0. The second kappa shape index (κ2) is 12.4. The van der Waals surface area contributed by atoms with E-state index in [9.17, 15) is 4.39 Å². The molecule has 1 saturated heterocycles. The van der Waals surface area contributed by atoms with Crippen molar-refractivity contribution >= 4 is 41.7 Å². The SMILES string of the molecule is CCNC(=NCCSc1ccc(F)cc1)N1CCN(Cc2cc(C)on2)CC1.I. The topological polar surface area (TPSA) is 56.9 Å². The predicted octanol–water partition coefficient (Wildman–Crippen LogP) is 3.62. The quantitative estimate of drug-likeness (QED) is 0.193. The molecule has 1 aromatic heterocycles. The van der Waals surface area contributed by atoms with Crippen LogP contribution in [0.15, 0.2) is 44.7 Å². The van der Waals surface area contributed by atoms with Crippen LogP contribution >= 0.6 is 35.7 Å². The average molecular weight is 533 g/mol. The van der Waals surface area contributed by atoms with Gasteiger partial charge in [-0.25, -0.2) is 4.39 Å². The van der Waals surface area contributed by atoms with Gasteiger partial charge in [-0.15, -0.1) is 35.7 Å². The minimum absolute atomic E-state index is 0. The first kappa shape index (κ1) is 23.9. The summed E-state index contributed by atoms with van der Waals surface area (Å²) in [6, 6.07) is 8.61. The maximum Gasteiger partial charge on any atom is 0.194 e. The molecule has 0 amide bonds. The first-order valence-corrected chi connectivity index (χ1v) is 10.7. The number of rotatable bonds is 7. The van der Waals surface area contributed by atoms with Gasteiger partial charge in [-0.05, 0) is 38.1 Å². The Labute approximate surface area is 193 Å². The highest BCUT2D eigenvalue weighted by Gasteiger charge is 2.20. The zero-order valence-corrected chi connectivity index (χ0v) is 20.1. The van der Waals surface area contributed by atoms with Crippen molar-refractivity contribution in [2.45, 2.75) is 25.3 Å². The van der Waals surface area contributed by atoms with E-state index in [0.29, 0.717) is 0 Å². The summed E-state index contributed by atoms with van der Waals surface area (Å²) in [5.74, 6) is 2.49. The average Bonchev–Trinajstić information content (AvgIpc) is 3.11. The molecule has 6 nitrogen and oxygen atoms in total. The molecular formula is C20H29FIN5OS. The van der Waals surface area contributed by atoms with E-state index in [0.717, 1.165) is 73.9 Å². The van der Waals surface area contributed by atoms with Gasteiger partial charge in [-0.3, -0.25) is 9.89 Å². The second-order valence-electron chi connectivity index (χ2n) is 6.73. The van der Waals surface area contributed by atoms with Gasteiger partial charge in [0.15, 0.2) is 5.96 Å². The minimum atomic E-state index is -0.199. The van der Waals surface area contributed by atoms with E-state index in [1.807, 2.05) is 25.1 Å². The Kier molecular flexibility index (Phi) is 10.2. The van der Waals surface area contributed by atoms with Crippen LogP contribution in [0.4, 0.5) is 4.39 Å². The van der Waals surface area contributed by atoms with Crippen LogP contribution in [0.1, 0.15) is 18.4 Å². The molecule has 1 aromatic carbocycles. The lowest BCUT2D eigenvalue weighted by molar-refractivity contribution is 0.169. The molecule has 9 heteroatoms. The second-order valence-corrected chi connectivity index (χ2v) is 7.90. The molecule has 0 unspecified atom stereocenters. The van der Waals surface area contributed by atoms with Gasteiger partial charge in [0.1, 0.15) is 11.6 Å². The number of nitrogens with one attached hydrogen (secondary N) is 1. The monoisotopic (exact) mass is 533 g/mol. The Hall–Kier alpha value is -1.33. The number of benzene rings is 1. The summed E-state index contributed by atoms with van der Waals surface area (Å²) in [6.45, 7) is 10.2. The summed E-state index contributed by atoms with van der Waals surface area (Å²) in [5.41, 5.74) is 0.990. The Morgan fingerprint density at radius 2 is 1.97 bits per heavy atom. The number of thioether (sulfide) groups is 1. The lowest BCUT2D eigenvalue weighted by atomic mass is 10.3. The molecule has 0 radical (unpaired) electrons. The highest BCUT2D eigenvalue weighted by Crippen LogP contribution is 2.17. The van der Waals surface area contributed by atoms with Crippen LogP contribution < -0.4 is 5.32 Å². The fourth-order valence-corrected chi connectivity index (χ4v) is 3.86. The third-order valence-corrected chi connectivity index (χ3v) is 5.50. The Bertz CT molecular complexity index is 762. The van der Waals surface area contributed by atoms with Gasteiger partial charge in [0, 0.05) is 56.0 Å². The van der Waals surface area contributed by atoms with Crippen molar-refractivity contribution < 1.29 is 8.91 Å². The van der Waals surface area contributed by atoms with Crippen LogP contribution in [0.25, 0.3) is 0 Å². The summed E-state index contributed by atoms with van der Waals surface area (Å²) in [4.78, 5) is 10.5. The first-order chi connectivity index (χ1) is 13.6. The smallest absolute Gasteiger partial charge is 0.194 e. The molecular weight excluding hydrogens is 504 g/mol. The molecule has 2 aromatic rings. The molecule has 1 aliphatic heterocycles. The summed E-state index contributed by atoms with van der Waals surface area (Å²) < 4.78 is 18.1. The predicted molar refractivity (Wildman–Crippen MR) is 127 cm³/mol. The largest absolute Gasteiger partial charge is 0.361 e. The van der Waals surface area contributed by atoms with Crippen molar-refractivity contribution in [2.75, 3.05) is 45.0 Å². The number of guanidine groups is 1. The van der Waals surface area contributed by atoms with Gasteiger partial charge >= 0.3 is 0 Å². The molecule has 0 bridgehead atoms. The van der Waals surface area contributed by atoms with Crippen LogP contribution in [0.5, 0.6) is 0 Å². The summed E-state index contributed by atoms with van der Waals surface area (Å²) in [7, 11) is 0. The number of hydrogen-bond donors (Lipinski definition) is 1. The molecule has 0 spiro atoms. The van der Waals surface area contributed by atoms with Crippen molar-refractivity contribution in [3.8, 4) is 0 Å². The highest BCUT2D eigenvalue weighted by atomic mass is 127. The number of aryl methyl sites for hydroxylation is 1. The zero-order valence-electron chi connectivity index (χ0n) is 16.9. The molecule has 0 aliphatic carbocycles. The van der Waals surface area contributed by atoms with Crippen molar-refractivity contribution in [3.05, 3.63) is 47.6 Å². The Morgan fingerprint density at radius 1 is 1.24 bits per heavy atom. The van der Waals surface area contributed by atoms with E-state index >= 15 is 0 Å². The number of halogens is 2. The molecule has 0 saturated carbocycles. The van der Waals surface area contributed by atoms with Gasteiger partial charge in [-0.1, -0.05) is 5.16 Å². The van der Waals surface area contributed by atoms with Crippen molar-refractivity contribution in [2.24, 2.45) is 4.99 Å². The molecule has 0 atom stereocenters. The minimum Gasteiger partial charge on any atom is -0.361 e. The van der Waals surface area contributed by atoms with Crippen LogP contribution in [-0.2, 0) is 6.54 Å². The van der Waals surface area contributed by atoms with E-state index in [1.165, 1.54) is 12.1 Å². The standard InChI is InChI=1S/C20H28FN5OS.HI/c1-3-22-20(23-8-13-28-19-6-4-17(21)5-7-19)26-11-9-25(10-12-26)15-18-14-16(2)27-24-18;/h4-7,14H,3,8-13,15H2,1-2H3,(H,22,23);1H. The van der Waals surface area contributed by atoms with Crippen molar-refractivity contribution in [3.63, 3.8) is 0 Å². The third kappa shape index (κ3) is 7.78. The van der Waals surface area contributed by atoms with E-state index in [1.54, 1.807) is 11.8 Å². The molecule has 1 fully saturated rings. The fourth-order valence-electron chi connectivity index (χ4n) is 3.11. The van der Waals surface area contributed by atoms with E-state index < -0.39 is 0 Å². The number of hydrogen-bond acceptors (Lipinski definition) is 5. The third-order valence-electron chi connectivity index (χ3n) is 4.50. The molecule has 1 N–H and O–H groups in total. The van der Waals surface area contributed by atoms with Gasteiger partial charge in [0.05, 0.1) is 12.2 Å². The lowest BCUT2D eigenvalue weighted by Gasteiger charge is -2.36. The van der Waals surface area contributed by atoms with Crippen LogP contribution in [0.3, 0.4) is 0 Å². The van der Waals surface area contributed by atoms with Crippen LogP contribution in [0, 0.1) is 12.7 Å². The van der Waals surface area contributed by atoms with Crippen LogP contribution in [0.2, 0.25) is 0 Å². The zero-order chi connectivity index (χ0) is 19.8. The molecule has 29 heavy (non-hydrogen) atoms. The van der Waals surface area contributed by atoms with Gasteiger partial charge in [-0.2, -0.15) is 0 Å². The van der Waals surface area contributed by atoms with Crippen molar-refractivity contribution in [1.82, 2.24) is 20.3 Å². The van der Waals surface area contributed by atoms with Gasteiger partial charge < -0.3 is 14.7 Å². The number of aliphatic imine (C=N–C) groups is 1.